The Morgan fingerprint density at radius 2 is 2.13 bits per heavy atom. The molecule has 0 radical (unpaired) electrons. The van der Waals surface area contributed by atoms with E-state index in [2.05, 4.69) is 26.6 Å². The van der Waals surface area contributed by atoms with Gasteiger partial charge >= 0.3 is 6.03 Å². The molecule has 0 heterocycles. The maximum atomic E-state index is 11.3. The summed E-state index contributed by atoms with van der Waals surface area (Å²) >= 11 is 3.32. The zero-order valence-corrected chi connectivity index (χ0v) is 9.75. The number of aliphatic hydroxyl groups is 1. The summed E-state index contributed by atoms with van der Waals surface area (Å²) in [6, 6.07) is 7.10. The van der Waals surface area contributed by atoms with Gasteiger partial charge in [-0.2, -0.15) is 0 Å². The molecule has 0 saturated carbocycles. The molecular formula is C10H13BrN2O2. The van der Waals surface area contributed by atoms with E-state index in [1.165, 1.54) is 0 Å². The number of urea groups is 1. The van der Waals surface area contributed by atoms with Gasteiger partial charge in [0.1, 0.15) is 0 Å². The van der Waals surface area contributed by atoms with Crippen LogP contribution in [0.15, 0.2) is 28.7 Å². The van der Waals surface area contributed by atoms with Crippen molar-refractivity contribution in [2.75, 3.05) is 18.5 Å². The summed E-state index contributed by atoms with van der Waals surface area (Å²) in [5, 5.41) is 13.9. The smallest absolute Gasteiger partial charge is 0.319 e. The van der Waals surface area contributed by atoms with E-state index in [9.17, 15) is 4.79 Å². The molecule has 0 bridgehead atoms. The zero-order valence-electron chi connectivity index (χ0n) is 8.16. The summed E-state index contributed by atoms with van der Waals surface area (Å²) in [7, 11) is 0. The number of amides is 2. The quantitative estimate of drug-likeness (QED) is 0.734. The highest BCUT2D eigenvalue weighted by Gasteiger charge is 2.02. The van der Waals surface area contributed by atoms with Crippen molar-refractivity contribution in [1.82, 2.24) is 5.32 Å². The summed E-state index contributed by atoms with van der Waals surface area (Å²) in [5.41, 5.74) is 0.721. The lowest BCUT2D eigenvalue weighted by Crippen LogP contribution is -2.30. The summed E-state index contributed by atoms with van der Waals surface area (Å²) < 4.78 is 0.835. The molecule has 0 atom stereocenters. The number of aliphatic hydroxyl groups excluding tert-OH is 1. The highest BCUT2D eigenvalue weighted by molar-refractivity contribution is 9.10. The van der Waals surface area contributed by atoms with Crippen LogP contribution in [0.3, 0.4) is 0 Å². The predicted octanol–water partition coefficient (Wildman–Crippen LogP) is 1.95. The molecule has 4 nitrogen and oxygen atoms in total. The first-order valence-corrected chi connectivity index (χ1v) is 5.43. The molecule has 3 N–H and O–H groups in total. The lowest BCUT2D eigenvalue weighted by molar-refractivity contribution is 0.249. The van der Waals surface area contributed by atoms with Crippen LogP contribution in [0.1, 0.15) is 6.42 Å². The van der Waals surface area contributed by atoms with Gasteiger partial charge in [-0.05, 0) is 34.5 Å². The van der Waals surface area contributed by atoms with Gasteiger partial charge in [0.05, 0.1) is 5.69 Å². The fourth-order valence-corrected chi connectivity index (χ4v) is 1.39. The molecule has 1 aromatic rings. The van der Waals surface area contributed by atoms with Crippen molar-refractivity contribution < 1.29 is 9.90 Å². The summed E-state index contributed by atoms with van der Waals surface area (Å²) in [6.07, 6.45) is 0.559. The molecule has 0 spiro atoms. The Kier molecular flexibility index (Phi) is 5.14. The molecule has 1 aromatic carbocycles. The monoisotopic (exact) mass is 272 g/mol. The predicted molar refractivity (Wildman–Crippen MR) is 62.9 cm³/mol. The van der Waals surface area contributed by atoms with Crippen molar-refractivity contribution in [1.29, 1.82) is 0 Å². The number of rotatable bonds is 4. The topological polar surface area (TPSA) is 61.4 Å². The van der Waals surface area contributed by atoms with Crippen LogP contribution in [0.2, 0.25) is 0 Å². The lowest BCUT2D eigenvalue weighted by Gasteiger charge is -2.08. The first kappa shape index (κ1) is 12.0. The van der Waals surface area contributed by atoms with Crippen LogP contribution in [0.5, 0.6) is 0 Å². The second-order valence-electron chi connectivity index (χ2n) is 2.94. The van der Waals surface area contributed by atoms with Crippen LogP contribution >= 0.6 is 15.9 Å². The highest BCUT2D eigenvalue weighted by Crippen LogP contribution is 2.20. The van der Waals surface area contributed by atoms with E-state index in [0.29, 0.717) is 13.0 Å². The number of halogens is 1. The Morgan fingerprint density at radius 1 is 1.40 bits per heavy atom. The average molecular weight is 273 g/mol. The fourth-order valence-electron chi connectivity index (χ4n) is 1.01. The van der Waals surface area contributed by atoms with E-state index in [4.69, 9.17) is 5.11 Å². The summed E-state index contributed by atoms with van der Waals surface area (Å²) in [4.78, 5) is 11.3. The van der Waals surface area contributed by atoms with Gasteiger partial charge in [0.2, 0.25) is 0 Å². The van der Waals surface area contributed by atoms with Gasteiger partial charge in [-0.1, -0.05) is 12.1 Å². The Hall–Kier alpha value is -1.07. The average Bonchev–Trinajstić information content (AvgIpc) is 2.22. The fraction of sp³-hybridized carbons (Fsp3) is 0.300. The van der Waals surface area contributed by atoms with E-state index < -0.39 is 0 Å². The number of nitrogens with one attached hydrogen (secondary N) is 2. The minimum atomic E-state index is -0.268. The number of hydrogen-bond donors (Lipinski definition) is 3. The second kappa shape index (κ2) is 6.42. The van der Waals surface area contributed by atoms with E-state index in [1.807, 2.05) is 18.2 Å². The number of anilines is 1. The number of hydrogen-bond acceptors (Lipinski definition) is 2. The molecule has 1 rings (SSSR count). The molecular weight excluding hydrogens is 260 g/mol. The molecule has 15 heavy (non-hydrogen) atoms. The molecule has 82 valence electrons. The SMILES string of the molecule is O=C(NCCCO)Nc1ccccc1Br. The van der Waals surface area contributed by atoms with Gasteiger partial charge < -0.3 is 15.7 Å². The Bertz CT molecular complexity index is 331. The Morgan fingerprint density at radius 3 is 2.80 bits per heavy atom. The molecule has 0 saturated heterocycles. The van der Waals surface area contributed by atoms with Crippen molar-refractivity contribution in [3.8, 4) is 0 Å². The first-order chi connectivity index (χ1) is 7.24. The van der Waals surface area contributed by atoms with Crippen molar-refractivity contribution >= 4 is 27.6 Å². The normalized spacial score (nSPS) is 9.73. The van der Waals surface area contributed by atoms with Gasteiger partial charge in [0.25, 0.3) is 0 Å². The molecule has 0 fully saturated rings. The van der Waals surface area contributed by atoms with Crippen LogP contribution in [0, 0.1) is 0 Å². The largest absolute Gasteiger partial charge is 0.396 e. The van der Waals surface area contributed by atoms with Crippen molar-refractivity contribution in [3.05, 3.63) is 28.7 Å². The van der Waals surface area contributed by atoms with Crippen molar-refractivity contribution in [2.45, 2.75) is 6.42 Å². The highest BCUT2D eigenvalue weighted by atomic mass is 79.9. The minimum absolute atomic E-state index is 0.0787. The van der Waals surface area contributed by atoms with Crippen LogP contribution in [0.25, 0.3) is 0 Å². The van der Waals surface area contributed by atoms with Gasteiger partial charge in [-0.3, -0.25) is 0 Å². The maximum Gasteiger partial charge on any atom is 0.319 e. The zero-order chi connectivity index (χ0) is 11.1. The maximum absolute atomic E-state index is 11.3. The number of carbonyl (C=O) groups is 1. The van der Waals surface area contributed by atoms with Crippen LogP contribution in [0.4, 0.5) is 10.5 Å². The minimum Gasteiger partial charge on any atom is -0.396 e. The number of benzene rings is 1. The summed E-state index contributed by atoms with van der Waals surface area (Å²) in [5.74, 6) is 0. The second-order valence-corrected chi connectivity index (χ2v) is 3.79. The Balaban J connectivity index is 2.41. The van der Waals surface area contributed by atoms with Gasteiger partial charge in [0.15, 0.2) is 0 Å². The molecule has 0 aromatic heterocycles. The standard InChI is InChI=1S/C10H13BrN2O2/c11-8-4-1-2-5-9(8)13-10(15)12-6-3-7-14/h1-2,4-5,14H,3,6-7H2,(H2,12,13,15). The number of para-hydroxylation sites is 1. The molecule has 5 heteroatoms. The van der Waals surface area contributed by atoms with Crippen LogP contribution < -0.4 is 10.6 Å². The third-order valence-electron chi connectivity index (χ3n) is 1.74. The van der Waals surface area contributed by atoms with E-state index in [0.717, 1.165) is 10.2 Å². The van der Waals surface area contributed by atoms with Crippen molar-refractivity contribution in [3.63, 3.8) is 0 Å². The number of carbonyl (C=O) groups excluding carboxylic acids is 1. The van der Waals surface area contributed by atoms with Gasteiger partial charge in [-0.15, -0.1) is 0 Å². The lowest BCUT2D eigenvalue weighted by atomic mass is 10.3. The molecule has 0 unspecified atom stereocenters. The molecule has 0 aliphatic heterocycles. The van der Waals surface area contributed by atoms with E-state index in [-0.39, 0.29) is 12.6 Å². The first-order valence-electron chi connectivity index (χ1n) is 4.64. The van der Waals surface area contributed by atoms with Crippen LogP contribution in [-0.4, -0.2) is 24.3 Å². The van der Waals surface area contributed by atoms with Gasteiger partial charge in [0, 0.05) is 17.6 Å². The van der Waals surface area contributed by atoms with Crippen LogP contribution in [-0.2, 0) is 0 Å². The molecule has 0 aliphatic carbocycles. The molecule has 2 amide bonds. The third kappa shape index (κ3) is 4.31. The molecule has 0 aliphatic rings. The van der Waals surface area contributed by atoms with E-state index >= 15 is 0 Å². The van der Waals surface area contributed by atoms with Gasteiger partial charge in [-0.25, -0.2) is 4.79 Å². The van der Waals surface area contributed by atoms with Crippen molar-refractivity contribution in [2.24, 2.45) is 0 Å². The summed E-state index contributed by atoms with van der Waals surface area (Å²) in [6.45, 7) is 0.544. The van der Waals surface area contributed by atoms with E-state index in [1.54, 1.807) is 6.07 Å². The Labute approximate surface area is 96.8 Å². The third-order valence-corrected chi connectivity index (χ3v) is 2.43.